The van der Waals surface area contributed by atoms with Gasteiger partial charge in [-0.2, -0.15) is 0 Å². The summed E-state index contributed by atoms with van der Waals surface area (Å²) >= 11 is 0. The van der Waals surface area contributed by atoms with Crippen LogP contribution in [-0.4, -0.2) is 28.0 Å². The summed E-state index contributed by atoms with van der Waals surface area (Å²) in [6.07, 6.45) is 5.22. The molecule has 5 heteroatoms. The van der Waals surface area contributed by atoms with Crippen LogP contribution in [-0.2, 0) is 4.79 Å². The van der Waals surface area contributed by atoms with Crippen molar-refractivity contribution in [1.82, 2.24) is 9.55 Å². The van der Waals surface area contributed by atoms with E-state index in [1.54, 1.807) is 12.5 Å². The highest BCUT2D eigenvalue weighted by molar-refractivity contribution is 5.99. The topological polar surface area (TPSA) is 50.2 Å². The van der Waals surface area contributed by atoms with Gasteiger partial charge in [0.15, 0.2) is 0 Å². The number of imidazole rings is 1. The smallest absolute Gasteiger partial charge is 0.249 e. The minimum absolute atomic E-state index is 0.0950. The van der Waals surface area contributed by atoms with Gasteiger partial charge < -0.3 is 14.8 Å². The molecule has 0 radical (unpaired) electrons. The number of carbonyl (C=O) groups is 1. The zero-order valence-corrected chi connectivity index (χ0v) is 13.2. The first-order valence-corrected chi connectivity index (χ1v) is 7.72. The molecule has 22 heavy (non-hydrogen) atoms. The lowest BCUT2D eigenvalue weighted by atomic mass is 9.99. The van der Waals surface area contributed by atoms with Crippen molar-refractivity contribution in [3.8, 4) is 0 Å². The van der Waals surface area contributed by atoms with Crippen LogP contribution >= 0.6 is 0 Å². The largest absolute Gasteiger partial charge is 0.379 e. The van der Waals surface area contributed by atoms with Crippen molar-refractivity contribution in [2.24, 2.45) is 5.92 Å². The van der Waals surface area contributed by atoms with Gasteiger partial charge in [0.2, 0.25) is 5.91 Å². The number of hydrogen-bond acceptors (Lipinski definition) is 3. The van der Waals surface area contributed by atoms with Gasteiger partial charge in [0, 0.05) is 25.0 Å². The Morgan fingerprint density at radius 2 is 2.09 bits per heavy atom. The first-order valence-electron chi connectivity index (χ1n) is 7.72. The zero-order chi connectivity index (χ0) is 15.7. The average Bonchev–Trinajstić information content (AvgIpc) is 3.06. The predicted molar refractivity (Wildman–Crippen MR) is 88.0 cm³/mol. The van der Waals surface area contributed by atoms with Gasteiger partial charge in [-0.1, -0.05) is 26.0 Å². The van der Waals surface area contributed by atoms with Gasteiger partial charge in [-0.3, -0.25) is 4.79 Å². The van der Waals surface area contributed by atoms with Crippen LogP contribution in [0.3, 0.4) is 0 Å². The van der Waals surface area contributed by atoms with Gasteiger partial charge in [-0.05, 0) is 25.0 Å². The van der Waals surface area contributed by atoms with Crippen molar-refractivity contribution in [3.05, 3.63) is 43.0 Å². The number of amides is 1. The van der Waals surface area contributed by atoms with E-state index in [0.29, 0.717) is 12.5 Å². The summed E-state index contributed by atoms with van der Waals surface area (Å²) < 4.78 is 1.84. The van der Waals surface area contributed by atoms with Crippen LogP contribution < -0.4 is 10.2 Å². The van der Waals surface area contributed by atoms with E-state index in [-0.39, 0.29) is 18.0 Å². The first kappa shape index (κ1) is 14.6. The number of nitrogens with one attached hydrogen (secondary N) is 1. The van der Waals surface area contributed by atoms with Crippen molar-refractivity contribution in [1.29, 1.82) is 0 Å². The number of nitrogens with zero attached hydrogens (tertiary/aromatic N) is 3. The molecule has 116 valence electrons. The second-order valence-electron chi connectivity index (χ2n) is 6.15. The van der Waals surface area contributed by atoms with Crippen LogP contribution in [0.2, 0.25) is 0 Å². The summed E-state index contributed by atoms with van der Waals surface area (Å²) in [5.74, 6) is 0.546. The highest BCUT2D eigenvalue weighted by Gasteiger charge is 2.31. The number of fused-ring (bicyclic) bond motifs is 1. The molecule has 2 atom stereocenters. The monoisotopic (exact) mass is 298 g/mol. The highest BCUT2D eigenvalue weighted by Crippen LogP contribution is 2.33. The van der Waals surface area contributed by atoms with E-state index in [2.05, 4.69) is 24.1 Å². The summed E-state index contributed by atoms with van der Waals surface area (Å²) in [6.45, 7) is 6.95. The summed E-state index contributed by atoms with van der Waals surface area (Å²) in [6, 6.07) is 7.99. The quantitative estimate of drug-likeness (QED) is 0.948. The summed E-state index contributed by atoms with van der Waals surface area (Å²) in [7, 11) is 0. The average molecular weight is 298 g/mol. The molecule has 2 heterocycles. The number of anilines is 2. The van der Waals surface area contributed by atoms with E-state index in [1.165, 1.54) is 0 Å². The molecule has 2 aromatic rings. The molecule has 1 aliphatic rings. The molecule has 3 rings (SSSR count). The summed E-state index contributed by atoms with van der Waals surface area (Å²) in [4.78, 5) is 18.9. The lowest BCUT2D eigenvalue weighted by molar-refractivity contribution is -0.121. The third-order valence-corrected chi connectivity index (χ3v) is 4.32. The highest BCUT2D eigenvalue weighted by atomic mass is 16.2. The molecule has 0 saturated carbocycles. The van der Waals surface area contributed by atoms with Gasteiger partial charge in [0.25, 0.3) is 0 Å². The van der Waals surface area contributed by atoms with Gasteiger partial charge in [-0.25, -0.2) is 4.98 Å². The zero-order valence-electron chi connectivity index (χ0n) is 13.2. The lowest BCUT2D eigenvalue weighted by Crippen LogP contribution is -2.48. The van der Waals surface area contributed by atoms with E-state index >= 15 is 0 Å². The Balaban J connectivity index is 1.93. The third-order valence-electron chi connectivity index (χ3n) is 4.32. The molecule has 1 N–H and O–H groups in total. The van der Waals surface area contributed by atoms with Gasteiger partial charge in [0.1, 0.15) is 6.04 Å². The van der Waals surface area contributed by atoms with Crippen LogP contribution in [0.4, 0.5) is 11.4 Å². The molecule has 0 fully saturated rings. The Kier molecular flexibility index (Phi) is 3.88. The van der Waals surface area contributed by atoms with Crippen molar-refractivity contribution in [2.75, 3.05) is 16.8 Å². The van der Waals surface area contributed by atoms with E-state index < -0.39 is 0 Å². The van der Waals surface area contributed by atoms with E-state index in [4.69, 9.17) is 0 Å². The van der Waals surface area contributed by atoms with E-state index in [0.717, 1.165) is 11.4 Å². The van der Waals surface area contributed by atoms with Gasteiger partial charge in [0.05, 0.1) is 17.7 Å². The first-order chi connectivity index (χ1) is 10.6. The molecule has 1 aliphatic heterocycles. The molecule has 5 nitrogen and oxygen atoms in total. The minimum atomic E-state index is -0.263. The van der Waals surface area contributed by atoms with Crippen LogP contribution in [0.15, 0.2) is 43.0 Å². The lowest BCUT2D eigenvalue weighted by Gasteiger charge is -2.38. The molecular formula is C17H22N4O. The fourth-order valence-corrected chi connectivity index (χ4v) is 2.81. The Labute approximate surface area is 131 Å². The Bertz CT molecular complexity index is 650. The van der Waals surface area contributed by atoms with Crippen LogP contribution in [0.25, 0.3) is 0 Å². The van der Waals surface area contributed by atoms with Crippen molar-refractivity contribution >= 4 is 17.3 Å². The summed E-state index contributed by atoms with van der Waals surface area (Å²) in [5.41, 5.74) is 1.98. The maximum Gasteiger partial charge on any atom is 0.249 e. The van der Waals surface area contributed by atoms with E-state index in [1.807, 2.05) is 46.9 Å². The van der Waals surface area contributed by atoms with E-state index in [9.17, 15) is 4.79 Å². The molecule has 1 aromatic carbocycles. The second-order valence-corrected chi connectivity index (χ2v) is 6.15. The standard InChI is InChI=1S/C17H22N4O/c1-12(2)15-10-21(16-7-5-4-6-14(16)19-15)17(22)13(3)20-9-8-18-11-20/h4-9,11-13,15,19H,10H2,1-3H3. The predicted octanol–water partition coefficient (Wildman–Crippen LogP) is 2.93. The number of carbonyl (C=O) groups excluding carboxylic acids is 1. The number of hydrogen-bond donors (Lipinski definition) is 1. The number of rotatable bonds is 3. The van der Waals surface area contributed by atoms with Gasteiger partial charge in [-0.15, -0.1) is 0 Å². The van der Waals surface area contributed by atoms with Crippen molar-refractivity contribution in [3.63, 3.8) is 0 Å². The normalized spacial score (nSPS) is 18.7. The van der Waals surface area contributed by atoms with Gasteiger partial charge >= 0.3 is 0 Å². The third kappa shape index (κ3) is 2.58. The Morgan fingerprint density at radius 1 is 1.32 bits per heavy atom. The van der Waals surface area contributed by atoms with Crippen LogP contribution in [0, 0.1) is 5.92 Å². The minimum Gasteiger partial charge on any atom is -0.379 e. The molecule has 0 bridgehead atoms. The van der Waals surface area contributed by atoms with Crippen molar-refractivity contribution in [2.45, 2.75) is 32.9 Å². The Hall–Kier alpha value is -2.30. The fourth-order valence-electron chi connectivity index (χ4n) is 2.81. The fraction of sp³-hybridized carbons (Fsp3) is 0.412. The van der Waals surface area contributed by atoms with Crippen molar-refractivity contribution < 1.29 is 4.79 Å². The molecule has 0 saturated heterocycles. The summed E-state index contributed by atoms with van der Waals surface area (Å²) in [5, 5.41) is 3.54. The molecule has 1 aromatic heterocycles. The van der Waals surface area contributed by atoms with Crippen LogP contribution in [0.5, 0.6) is 0 Å². The number of para-hydroxylation sites is 2. The maximum absolute atomic E-state index is 13.0. The molecule has 2 unspecified atom stereocenters. The number of benzene rings is 1. The molecule has 0 aliphatic carbocycles. The second kappa shape index (κ2) is 5.83. The SMILES string of the molecule is CC(C)C1CN(C(=O)C(C)n2ccnc2)c2ccccc2N1. The molecule has 0 spiro atoms. The molecule has 1 amide bonds. The van der Waals surface area contributed by atoms with Crippen LogP contribution in [0.1, 0.15) is 26.8 Å². The Morgan fingerprint density at radius 3 is 2.77 bits per heavy atom. The number of aromatic nitrogens is 2. The molecular weight excluding hydrogens is 276 g/mol. The maximum atomic E-state index is 13.0.